The van der Waals surface area contributed by atoms with Crippen LogP contribution in [-0.4, -0.2) is 148 Å². The summed E-state index contributed by atoms with van der Waals surface area (Å²) < 4.78 is 22.9. The number of allylic oxidation sites excluding steroid dienone is 3. The second-order valence-corrected chi connectivity index (χ2v) is 20.6. The van der Waals surface area contributed by atoms with Crippen molar-refractivity contribution >= 4 is 70.7 Å². The first-order chi connectivity index (χ1) is 31.9. The first-order valence-electron chi connectivity index (χ1n) is 23.0. The number of rotatable bonds is 12. The number of imide groups is 1. The third kappa shape index (κ3) is 12.5. The van der Waals surface area contributed by atoms with Crippen LogP contribution in [0.25, 0.3) is 0 Å². The van der Waals surface area contributed by atoms with Gasteiger partial charge in [0.2, 0.25) is 23.6 Å². The van der Waals surface area contributed by atoms with Crippen molar-refractivity contribution in [3.8, 4) is 5.75 Å². The van der Waals surface area contributed by atoms with Crippen LogP contribution in [0.3, 0.4) is 0 Å². The number of hydrogen-bond acceptors (Lipinski definition) is 14. The van der Waals surface area contributed by atoms with Gasteiger partial charge in [-0.25, -0.2) is 9.59 Å². The lowest BCUT2D eigenvalue weighted by atomic mass is 9.73. The first-order valence-corrected chi connectivity index (χ1v) is 24.4. The van der Waals surface area contributed by atoms with Gasteiger partial charge in [0.1, 0.15) is 40.7 Å². The number of benzene rings is 1. The van der Waals surface area contributed by atoms with Crippen LogP contribution in [-0.2, 0) is 49.4 Å². The van der Waals surface area contributed by atoms with E-state index < -0.39 is 95.0 Å². The van der Waals surface area contributed by atoms with Crippen molar-refractivity contribution in [1.82, 2.24) is 15.1 Å². The number of halogens is 1. The number of fused-ring (bicyclic) bond motifs is 4. The summed E-state index contributed by atoms with van der Waals surface area (Å²) in [6.07, 6.45) is 2.44. The van der Waals surface area contributed by atoms with E-state index in [0.29, 0.717) is 43.5 Å². The zero-order valence-electron chi connectivity index (χ0n) is 40.3. The van der Waals surface area contributed by atoms with Crippen LogP contribution in [0.1, 0.15) is 91.5 Å². The fourth-order valence-electron chi connectivity index (χ4n) is 9.34. The number of nitrogens with one attached hydrogen (secondary N) is 1. The molecule has 1 saturated carbocycles. The van der Waals surface area contributed by atoms with E-state index >= 15 is 0 Å². The number of carboxylic acids is 1. The Morgan fingerprint density at radius 1 is 1.06 bits per heavy atom. The van der Waals surface area contributed by atoms with E-state index in [1.807, 2.05) is 13.0 Å². The first kappa shape index (κ1) is 54.3. The van der Waals surface area contributed by atoms with Gasteiger partial charge in [0.05, 0.1) is 30.4 Å². The highest BCUT2D eigenvalue weighted by Crippen LogP contribution is 2.41. The molecule has 1 aromatic carbocycles. The largest absolute Gasteiger partial charge is 0.495 e. The van der Waals surface area contributed by atoms with Crippen molar-refractivity contribution < 1.29 is 67.8 Å². The van der Waals surface area contributed by atoms with Crippen LogP contribution < -0.4 is 15.0 Å². The Bertz CT molecular complexity index is 2140. The molecule has 0 aromatic heterocycles. The Balaban J connectivity index is 1.34. The normalized spacial score (nSPS) is 32.3. The molecule has 0 radical (unpaired) electrons. The topological polar surface area (TPSA) is 239 Å². The van der Waals surface area contributed by atoms with E-state index in [9.17, 15) is 48.9 Å². The van der Waals surface area contributed by atoms with Crippen molar-refractivity contribution in [2.45, 2.75) is 133 Å². The van der Waals surface area contributed by atoms with Crippen LogP contribution >= 0.6 is 23.4 Å². The molecule has 0 spiro atoms. The summed E-state index contributed by atoms with van der Waals surface area (Å²) >= 11 is 7.97. The number of methoxy groups -OCH3 is 2. The SMILES string of the molecule is COc1cc2cc(c1Cl)N(C)C(=O)C[C@H](OC(=O)[C@H](C)N(C)C(=O)CCSC1CC(=O)N(CC3CCC(C(=O)O)CC3)C1=O)[C@](C)(O)[C@@H](C)[C@H](C)[C@@H]1C[C@@](O)(NC(=O)O1)[C@H](OC)/C=C/C=C(\C)C2. The van der Waals surface area contributed by atoms with E-state index in [0.717, 1.165) is 11.1 Å². The van der Waals surface area contributed by atoms with E-state index in [2.05, 4.69) is 5.32 Å². The van der Waals surface area contributed by atoms with Gasteiger partial charge >= 0.3 is 18.0 Å². The number of ether oxygens (including phenoxy) is 4. The number of aliphatic hydroxyl groups is 2. The number of carboxylic acid groups (broad SMARTS) is 1. The van der Waals surface area contributed by atoms with Crippen LogP contribution in [0.4, 0.5) is 10.5 Å². The number of amides is 5. The molecular formula is C48H67ClN4O14S. The van der Waals surface area contributed by atoms with Gasteiger partial charge in [-0.2, -0.15) is 0 Å². The number of likely N-dealkylation sites (N-methyl/N-ethyl adjacent to an activating group) is 1. The standard InChI is InChI=1S/C48H67ClN4O14S/c1-26-11-10-12-37(65-9)48(63)24-35(66-46(61)50-48)27(2)28(3)47(5,62)38(23-40(55)52(7)33-20-31(19-26)21-34(64-8)42(33)49)67-45(60)29(4)51(6)39(54)17-18-68-36-22-41(56)53(43(36)57)25-30-13-15-32(16-14-30)44(58)59/h10-12,20-21,27-30,32,35-38,62-63H,13-19,22-25H2,1-9H3,(H,50,61)(H,58,59)/b12-10+,26-11+/t27-,28-,29-,30?,32?,35-,36?,37+,38-,47+,48-/m0/s1. The zero-order chi connectivity index (χ0) is 50.4. The molecule has 1 unspecified atom stereocenters. The minimum atomic E-state index is -2.01. The summed E-state index contributed by atoms with van der Waals surface area (Å²) in [4.78, 5) is 96.2. The minimum Gasteiger partial charge on any atom is -0.495 e. The van der Waals surface area contributed by atoms with E-state index in [1.165, 1.54) is 68.6 Å². The minimum absolute atomic E-state index is 0.0127. The molecule has 20 heteroatoms. The predicted molar refractivity (Wildman–Crippen MR) is 253 cm³/mol. The smallest absolute Gasteiger partial charge is 0.409 e. The number of anilines is 1. The molecule has 3 heterocycles. The molecule has 5 rings (SSSR count). The van der Waals surface area contributed by atoms with E-state index in [-0.39, 0.29) is 54.3 Å². The highest BCUT2D eigenvalue weighted by atomic mass is 35.5. The second kappa shape index (κ2) is 22.8. The number of esters is 1. The van der Waals surface area contributed by atoms with E-state index in [1.54, 1.807) is 38.1 Å². The Kier molecular flexibility index (Phi) is 18.2. The summed E-state index contributed by atoms with van der Waals surface area (Å²) in [5, 5.41) is 35.6. The molecule has 5 amide bonds. The predicted octanol–water partition coefficient (Wildman–Crippen LogP) is 4.89. The van der Waals surface area contributed by atoms with Gasteiger partial charge in [0.15, 0.2) is 5.72 Å². The summed E-state index contributed by atoms with van der Waals surface area (Å²) in [6, 6.07) is 2.26. The lowest BCUT2D eigenvalue weighted by Crippen LogP contribution is -2.64. The van der Waals surface area contributed by atoms with Crippen LogP contribution in [0, 0.1) is 23.7 Å². The molecule has 4 bridgehead atoms. The van der Waals surface area contributed by atoms with Crippen molar-refractivity contribution in [1.29, 1.82) is 0 Å². The van der Waals surface area contributed by atoms with Crippen molar-refractivity contribution in [3.05, 3.63) is 46.5 Å². The molecule has 1 aromatic rings. The number of likely N-dealkylation sites (tertiary alicyclic amines) is 1. The van der Waals surface area contributed by atoms with Gasteiger partial charge < -0.3 is 44.1 Å². The number of aliphatic carboxylic acids is 1. The van der Waals surface area contributed by atoms with E-state index in [4.69, 9.17) is 30.5 Å². The molecule has 376 valence electrons. The molecule has 18 nitrogen and oxygen atoms in total. The average molecular weight is 992 g/mol. The second-order valence-electron chi connectivity index (χ2n) is 18.9. The monoisotopic (exact) mass is 990 g/mol. The summed E-state index contributed by atoms with van der Waals surface area (Å²) in [5.74, 6) is -4.97. The molecule has 68 heavy (non-hydrogen) atoms. The number of nitrogens with zero attached hydrogens (tertiary/aromatic N) is 3. The van der Waals surface area contributed by atoms with Gasteiger partial charge in [0.25, 0.3) is 0 Å². The third-order valence-electron chi connectivity index (χ3n) is 14.4. The molecule has 3 fully saturated rings. The van der Waals surface area contributed by atoms with Gasteiger partial charge in [-0.1, -0.05) is 49.2 Å². The maximum Gasteiger partial charge on any atom is 0.409 e. The van der Waals surface area contributed by atoms with Crippen LogP contribution in [0.2, 0.25) is 5.02 Å². The number of carbonyl (C=O) groups excluding carboxylic acids is 6. The molecule has 4 aliphatic rings. The maximum absolute atomic E-state index is 14.4. The zero-order valence-corrected chi connectivity index (χ0v) is 41.9. The van der Waals surface area contributed by atoms with Gasteiger partial charge in [-0.15, -0.1) is 11.8 Å². The molecular weight excluding hydrogens is 924 g/mol. The van der Waals surface area contributed by atoms with Crippen LogP contribution in [0.5, 0.6) is 5.75 Å². The van der Waals surface area contributed by atoms with Crippen molar-refractivity contribution in [2.24, 2.45) is 23.7 Å². The summed E-state index contributed by atoms with van der Waals surface area (Å²) in [6.45, 7) is 8.32. The van der Waals surface area contributed by atoms with Crippen molar-refractivity contribution in [3.63, 3.8) is 0 Å². The van der Waals surface area contributed by atoms with Crippen molar-refractivity contribution in [2.75, 3.05) is 45.5 Å². The van der Waals surface area contributed by atoms with Crippen LogP contribution in [0.15, 0.2) is 35.9 Å². The lowest BCUT2D eigenvalue weighted by Gasteiger charge is -2.46. The molecule has 1 aliphatic carbocycles. The molecule has 2 saturated heterocycles. The average Bonchev–Trinajstić information content (AvgIpc) is 3.55. The Morgan fingerprint density at radius 3 is 2.37 bits per heavy atom. The number of carbonyl (C=O) groups is 7. The van der Waals surface area contributed by atoms with Gasteiger partial charge in [0, 0.05) is 52.8 Å². The highest BCUT2D eigenvalue weighted by molar-refractivity contribution is 8.00. The molecule has 9 atom stereocenters. The number of thioether (sulfide) groups is 1. The fraction of sp³-hybridized carbons (Fsp3) is 0.646. The summed E-state index contributed by atoms with van der Waals surface area (Å²) in [5.41, 5.74) is -2.04. The van der Waals surface area contributed by atoms with Gasteiger partial charge in [-0.05, 0) is 88.3 Å². The molecule has 3 aliphatic heterocycles. The third-order valence-corrected chi connectivity index (χ3v) is 15.9. The Hall–Kier alpha value is -4.69. The molecule has 4 N–H and O–H groups in total. The number of alkyl carbamates (subject to hydrolysis) is 1. The fourth-order valence-corrected chi connectivity index (χ4v) is 10.8. The Morgan fingerprint density at radius 2 is 1.74 bits per heavy atom. The number of hydrogen-bond donors (Lipinski definition) is 4. The quantitative estimate of drug-likeness (QED) is 0.161. The van der Waals surface area contributed by atoms with Gasteiger partial charge in [-0.3, -0.25) is 34.2 Å². The highest BCUT2D eigenvalue weighted by Gasteiger charge is 2.51. The Labute approximate surface area is 407 Å². The lowest BCUT2D eigenvalue weighted by molar-refractivity contribution is -0.186. The summed E-state index contributed by atoms with van der Waals surface area (Å²) in [7, 11) is 5.74. The maximum atomic E-state index is 14.4.